The maximum absolute atomic E-state index is 11.3. The minimum absolute atomic E-state index is 0.263. The Bertz CT molecular complexity index is 250. The van der Waals surface area contributed by atoms with Crippen LogP contribution in [0.5, 0.6) is 0 Å². The summed E-state index contributed by atoms with van der Waals surface area (Å²) in [5.74, 6) is -1.07. The Balaban J connectivity index is 2.69. The Morgan fingerprint density at radius 3 is 2.50 bits per heavy atom. The fraction of sp³-hybridized carbons (Fsp3) is 0.800. The summed E-state index contributed by atoms with van der Waals surface area (Å²) < 4.78 is 0. The number of hydrogen-bond acceptors (Lipinski definition) is 3. The van der Waals surface area contributed by atoms with Gasteiger partial charge in [0.05, 0.1) is 12.1 Å². The van der Waals surface area contributed by atoms with E-state index in [1.807, 2.05) is 13.8 Å². The second-order valence-electron chi connectivity index (χ2n) is 4.32. The second-order valence-corrected chi connectivity index (χ2v) is 4.32. The minimum Gasteiger partial charge on any atom is -0.390 e. The molecule has 1 fully saturated rings. The predicted molar refractivity (Wildman–Crippen MR) is 51.6 cm³/mol. The lowest BCUT2D eigenvalue weighted by Crippen LogP contribution is -2.34. The van der Waals surface area contributed by atoms with Gasteiger partial charge in [-0.1, -0.05) is 13.8 Å². The fourth-order valence-corrected chi connectivity index (χ4v) is 1.88. The number of aliphatic hydroxyl groups is 1. The highest BCUT2D eigenvalue weighted by molar-refractivity contribution is 6.02. The Hall–Kier alpha value is -0.900. The molecule has 1 heterocycles. The lowest BCUT2D eigenvalue weighted by molar-refractivity contribution is -0.132. The zero-order chi connectivity index (χ0) is 10.9. The Labute approximate surface area is 83.7 Å². The summed E-state index contributed by atoms with van der Waals surface area (Å²) in [4.78, 5) is 22.4. The summed E-state index contributed by atoms with van der Waals surface area (Å²) in [5, 5.41) is 12.4. The zero-order valence-electron chi connectivity index (χ0n) is 8.78. The average Bonchev–Trinajstić information content (AvgIpc) is 2.25. The van der Waals surface area contributed by atoms with Crippen molar-refractivity contribution in [2.24, 2.45) is 11.8 Å². The molecule has 3 atom stereocenters. The van der Waals surface area contributed by atoms with Crippen molar-refractivity contribution >= 4 is 11.7 Å². The van der Waals surface area contributed by atoms with Crippen molar-refractivity contribution < 1.29 is 14.7 Å². The lowest BCUT2D eigenvalue weighted by atomic mass is 9.93. The van der Waals surface area contributed by atoms with E-state index in [0.717, 1.165) is 0 Å². The van der Waals surface area contributed by atoms with Gasteiger partial charge in [0.15, 0.2) is 0 Å². The van der Waals surface area contributed by atoms with Crippen LogP contribution < -0.4 is 5.32 Å². The highest BCUT2D eigenvalue weighted by Gasteiger charge is 2.43. The summed E-state index contributed by atoms with van der Waals surface area (Å²) in [6.07, 6.45) is -0.154. The molecule has 0 aliphatic carbocycles. The quantitative estimate of drug-likeness (QED) is 0.633. The molecule has 0 aromatic heterocycles. The van der Waals surface area contributed by atoms with Gasteiger partial charge in [-0.3, -0.25) is 9.59 Å². The maximum Gasteiger partial charge on any atom is 0.233 e. The van der Waals surface area contributed by atoms with Crippen molar-refractivity contribution in [2.75, 3.05) is 0 Å². The van der Waals surface area contributed by atoms with E-state index in [0.29, 0.717) is 12.3 Å². The third-order valence-corrected chi connectivity index (χ3v) is 2.53. The van der Waals surface area contributed by atoms with E-state index in [4.69, 9.17) is 0 Å². The van der Waals surface area contributed by atoms with E-state index in [2.05, 4.69) is 5.32 Å². The first-order valence-corrected chi connectivity index (χ1v) is 4.92. The number of rotatable bonds is 3. The number of carbonyl (C=O) groups excluding carboxylic acids is 2. The summed E-state index contributed by atoms with van der Waals surface area (Å²) >= 11 is 0. The Kier molecular flexibility index (Phi) is 3.26. The van der Waals surface area contributed by atoms with Crippen LogP contribution in [-0.4, -0.2) is 28.9 Å². The molecule has 3 unspecified atom stereocenters. The predicted octanol–water partition coefficient (Wildman–Crippen LogP) is 0.0970. The monoisotopic (exact) mass is 199 g/mol. The number of Topliss-reactive ketones (excluding diaryl/α,β-unsaturated/α-hetero) is 1. The first-order chi connectivity index (χ1) is 6.43. The Morgan fingerprint density at radius 2 is 2.14 bits per heavy atom. The number of aliphatic hydroxyl groups excluding tert-OH is 1. The standard InChI is InChI=1S/C10H17NO3/c1-5(2)4-7-9(13)8(6(3)12)10(14)11-7/h5,7-9,13H,4H2,1-3H3,(H,11,14). The molecular weight excluding hydrogens is 182 g/mol. The van der Waals surface area contributed by atoms with Gasteiger partial charge in [-0.15, -0.1) is 0 Å². The maximum atomic E-state index is 11.3. The number of hydrogen-bond donors (Lipinski definition) is 2. The number of amides is 1. The molecule has 4 heteroatoms. The van der Waals surface area contributed by atoms with Crippen LogP contribution in [0.1, 0.15) is 27.2 Å². The fourth-order valence-electron chi connectivity index (χ4n) is 1.88. The van der Waals surface area contributed by atoms with Gasteiger partial charge in [-0.2, -0.15) is 0 Å². The van der Waals surface area contributed by atoms with Gasteiger partial charge in [0.1, 0.15) is 11.7 Å². The van der Waals surface area contributed by atoms with Gasteiger partial charge in [-0.05, 0) is 19.3 Å². The first-order valence-electron chi connectivity index (χ1n) is 4.92. The molecule has 1 rings (SSSR count). The van der Waals surface area contributed by atoms with Crippen molar-refractivity contribution in [3.63, 3.8) is 0 Å². The lowest BCUT2D eigenvalue weighted by Gasteiger charge is -2.17. The van der Waals surface area contributed by atoms with Gasteiger partial charge in [0, 0.05) is 0 Å². The number of carbonyl (C=O) groups is 2. The van der Waals surface area contributed by atoms with E-state index >= 15 is 0 Å². The summed E-state index contributed by atoms with van der Waals surface area (Å²) in [5.41, 5.74) is 0. The summed E-state index contributed by atoms with van der Waals surface area (Å²) in [6, 6.07) is -0.267. The third-order valence-electron chi connectivity index (χ3n) is 2.53. The van der Waals surface area contributed by atoms with E-state index in [1.165, 1.54) is 6.92 Å². The average molecular weight is 199 g/mol. The molecular formula is C10H17NO3. The highest BCUT2D eigenvalue weighted by atomic mass is 16.3. The van der Waals surface area contributed by atoms with Crippen LogP contribution >= 0.6 is 0 Å². The van der Waals surface area contributed by atoms with Crippen LogP contribution in [0.4, 0.5) is 0 Å². The van der Waals surface area contributed by atoms with Gasteiger partial charge < -0.3 is 10.4 Å². The van der Waals surface area contributed by atoms with E-state index < -0.39 is 12.0 Å². The van der Waals surface area contributed by atoms with Crippen molar-refractivity contribution in [1.29, 1.82) is 0 Å². The minimum atomic E-state index is -0.862. The van der Waals surface area contributed by atoms with Gasteiger partial charge >= 0.3 is 0 Å². The molecule has 1 amide bonds. The van der Waals surface area contributed by atoms with Crippen molar-refractivity contribution in [3.8, 4) is 0 Å². The van der Waals surface area contributed by atoms with Crippen molar-refractivity contribution in [3.05, 3.63) is 0 Å². The molecule has 2 N–H and O–H groups in total. The number of nitrogens with one attached hydrogen (secondary N) is 1. The zero-order valence-corrected chi connectivity index (χ0v) is 8.78. The molecule has 1 saturated heterocycles. The van der Waals surface area contributed by atoms with Crippen LogP contribution in [0.2, 0.25) is 0 Å². The van der Waals surface area contributed by atoms with E-state index in [-0.39, 0.29) is 17.7 Å². The van der Waals surface area contributed by atoms with Gasteiger partial charge in [0.25, 0.3) is 0 Å². The van der Waals surface area contributed by atoms with Crippen LogP contribution in [0.3, 0.4) is 0 Å². The van der Waals surface area contributed by atoms with Gasteiger partial charge in [-0.25, -0.2) is 0 Å². The van der Waals surface area contributed by atoms with Crippen molar-refractivity contribution in [1.82, 2.24) is 5.32 Å². The molecule has 0 spiro atoms. The molecule has 1 aliphatic rings. The van der Waals surface area contributed by atoms with Crippen LogP contribution in [0.25, 0.3) is 0 Å². The van der Waals surface area contributed by atoms with Crippen molar-refractivity contribution in [2.45, 2.75) is 39.3 Å². The molecule has 80 valence electrons. The molecule has 0 aromatic rings. The molecule has 0 aromatic carbocycles. The summed E-state index contributed by atoms with van der Waals surface area (Å²) in [7, 11) is 0. The first kappa shape index (κ1) is 11.2. The van der Waals surface area contributed by atoms with Crippen LogP contribution in [-0.2, 0) is 9.59 Å². The topological polar surface area (TPSA) is 66.4 Å². The molecule has 14 heavy (non-hydrogen) atoms. The second kappa shape index (κ2) is 4.09. The molecule has 1 aliphatic heterocycles. The van der Waals surface area contributed by atoms with Crippen LogP contribution in [0.15, 0.2) is 0 Å². The molecule has 0 bridgehead atoms. The normalized spacial score (nSPS) is 32.1. The molecule has 0 radical (unpaired) electrons. The highest BCUT2D eigenvalue weighted by Crippen LogP contribution is 2.22. The SMILES string of the molecule is CC(=O)C1C(=O)NC(CC(C)C)C1O. The van der Waals surface area contributed by atoms with Gasteiger partial charge in [0.2, 0.25) is 5.91 Å². The molecule has 4 nitrogen and oxygen atoms in total. The van der Waals surface area contributed by atoms with Crippen LogP contribution in [0, 0.1) is 11.8 Å². The van der Waals surface area contributed by atoms with E-state index in [1.54, 1.807) is 0 Å². The third kappa shape index (κ3) is 2.12. The smallest absolute Gasteiger partial charge is 0.233 e. The largest absolute Gasteiger partial charge is 0.390 e. The molecule has 0 saturated carbocycles. The Morgan fingerprint density at radius 1 is 1.57 bits per heavy atom. The number of ketones is 1. The van der Waals surface area contributed by atoms with E-state index in [9.17, 15) is 14.7 Å². The summed E-state index contributed by atoms with van der Waals surface area (Å²) in [6.45, 7) is 5.37.